The Morgan fingerprint density at radius 3 is 2.11 bits per heavy atom. The molecule has 1 heteroatoms. The highest BCUT2D eigenvalue weighted by molar-refractivity contribution is 4.71. The monoisotopic (exact) mass is 126 g/mol. The molecule has 0 amide bonds. The van der Waals surface area contributed by atoms with Crippen molar-refractivity contribution < 1.29 is 0 Å². The molecule has 1 aliphatic carbocycles. The Hall–Kier alpha value is -0.0400. The molecule has 1 N–H and O–H groups in total. The van der Waals surface area contributed by atoms with Gasteiger partial charge in [-0.15, -0.1) is 0 Å². The largest absolute Gasteiger partial charge is 0.255 e. The molecule has 1 atom stereocenters. The summed E-state index contributed by atoms with van der Waals surface area (Å²) in [5.74, 6) is 0.721. The lowest BCUT2D eigenvalue weighted by atomic mass is 9.85. The summed E-state index contributed by atoms with van der Waals surface area (Å²) in [4.78, 5) is 0. The fourth-order valence-electron chi connectivity index (χ4n) is 1.63. The van der Waals surface area contributed by atoms with Gasteiger partial charge in [0.05, 0.1) is 0 Å². The van der Waals surface area contributed by atoms with Crippen LogP contribution in [0, 0.1) is 5.92 Å². The van der Waals surface area contributed by atoms with Crippen molar-refractivity contribution in [2.24, 2.45) is 5.92 Å². The van der Waals surface area contributed by atoms with Crippen molar-refractivity contribution in [1.82, 2.24) is 5.73 Å². The summed E-state index contributed by atoms with van der Waals surface area (Å²) in [5, 5.41) is 0. The number of hydrogen-bond donors (Lipinski definition) is 0. The number of nitrogens with one attached hydrogen (secondary N) is 1. The molecule has 1 saturated carbocycles. The predicted molar refractivity (Wildman–Crippen MR) is 39.1 cm³/mol. The first kappa shape index (κ1) is 7.07. The van der Waals surface area contributed by atoms with Crippen molar-refractivity contribution >= 4 is 0 Å². The average Bonchev–Trinajstić information content (AvgIpc) is 1.90. The Morgan fingerprint density at radius 2 is 1.78 bits per heavy atom. The van der Waals surface area contributed by atoms with Gasteiger partial charge in [-0.2, -0.15) is 0 Å². The molecule has 0 bridgehead atoms. The first-order chi connectivity index (χ1) is 4.30. The molecule has 0 aromatic heterocycles. The second-order valence-corrected chi connectivity index (χ2v) is 3.19. The molecule has 1 rings (SSSR count). The quantitative estimate of drug-likeness (QED) is 0.514. The molecule has 0 spiro atoms. The molecule has 0 aromatic carbocycles. The molecule has 0 aliphatic heterocycles. The molecular formula is C8H16N. The average molecular weight is 126 g/mol. The van der Waals surface area contributed by atoms with Gasteiger partial charge >= 0.3 is 0 Å². The van der Waals surface area contributed by atoms with E-state index in [1.807, 2.05) is 6.92 Å². The zero-order valence-corrected chi connectivity index (χ0v) is 6.19. The Bertz CT molecular complexity index is 72.6. The van der Waals surface area contributed by atoms with E-state index in [2.05, 4.69) is 0 Å². The molecule has 0 heterocycles. The van der Waals surface area contributed by atoms with Gasteiger partial charge in [0.25, 0.3) is 0 Å². The summed E-state index contributed by atoms with van der Waals surface area (Å²) in [6.07, 6.45) is 6.76. The smallest absolute Gasteiger partial charge is 0.0213 e. The van der Waals surface area contributed by atoms with Gasteiger partial charge in [0.1, 0.15) is 0 Å². The van der Waals surface area contributed by atoms with Crippen LogP contribution in [0.5, 0.6) is 0 Å². The molecule has 1 nitrogen and oxygen atoms in total. The lowest BCUT2D eigenvalue weighted by molar-refractivity contribution is 0.312. The molecule has 9 heavy (non-hydrogen) atoms. The standard InChI is InChI=1S/C8H16N/c1-7(9)8-5-3-2-4-6-8/h7-9H,2-6H2,1H3/t7-/m1/s1. The second-order valence-electron chi connectivity index (χ2n) is 3.19. The molecule has 53 valence electrons. The lowest BCUT2D eigenvalue weighted by Gasteiger charge is -2.23. The van der Waals surface area contributed by atoms with Crippen molar-refractivity contribution in [2.75, 3.05) is 0 Å². The van der Waals surface area contributed by atoms with E-state index in [9.17, 15) is 0 Å². The summed E-state index contributed by atoms with van der Waals surface area (Å²) in [6, 6.07) is 0.185. The molecule has 1 radical (unpaired) electrons. The summed E-state index contributed by atoms with van der Waals surface area (Å²) in [7, 11) is 0. The maximum Gasteiger partial charge on any atom is 0.0213 e. The third-order valence-electron chi connectivity index (χ3n) is 2.36. The van der Waals surface area contributed by atoms with Crippen LogP contribution in [0.25, 0.3) is 0 Å². The van der Waals surface area contributed by atoms with Gasteiger partial charge in [-0.25, -0.2) is 0 Å². The first-order valence-electron chi connectivity index (χ1n) is 4.02. The zero-order chi connectivity index (χ0) is 6.69. The van der Waals surface area contributed by atoms with Crippen LogP contribution in [-0.2, 0) is 0 Å². The second kappa shape index (κ2) is 3.21. The van der Waals surface area contributed by atoms with Crippen molar-refractivity contribution in [3.8, 4) is 0 Å². The lowest BCUT2D eigenvalue weighted by Crippen LogP contribution is -2.20. The number of hydrogen-bond acceptors (Lipinski definition) is 0. The van der Waals surface area contributed by atoms with Gasteiger partial charge in [-0.05, 0) is 25.7 Å². The minimum Gasteiger partial charge on any atom is -0.255 e. The van der Waals surface area contributed by atoms with Crippen LogP contribution >= 0.6 is 0 Å². The fraction of sp³-hybridized carbons (Fsp3) is 1.00. The molecule has 1 fully saturated rings. The van der Waals surface area contributed by atoms with E-state index >= 15 is 0 Å². The highest BCUT2D eigenvalue weighted by Crippen LogP contribution is 2.25. The molecule has 0 saturated heterocycles. The number of rotatable bonds is 1. The molecule has 1 aliphatic rings. The van der Waals surface area contributed by atoms with Crippen molar-refractivity contribution in [1.29, 1.82) is 0 Å². The Balaban J connectivity index is 2.23. The summed E-state index contributed by atoms with van der Waals surface area (Å²) >= 11 is 0. The predicted octanol–water partition coefficient (Wildman–Crippen LogP) is 2.24. The summed E-state index contributed by atoms with van der Waals surface area (Å²) < 4.78 is 0. The highest BCUT2D eigenvalue weighted by atomic mass is 14.6. The van der Waals surface area contributed by atoms with Crippen molar-refractivity contribution in [2.45, 2.75) is 45.1 Å². The zero-order valence-electron chi connectivity index (χ0n) is 6.19. The van der Waals surface area contributed by atoms with Crippen LogP contribution in [0.15, 0.2) is 0 Å². The van der Waals surface area contributed by atoms with E-state index < -0.39 is 0 Å². The third-order valence-corrected chi connectivity index (χ3v) is 2.36. The van der Waals surface area contributed by atoms with Crippen LogP contribution in [0.4, 0.5) is 0 Å². The van der Waals surface area contributed by atoms with E-state index in [0.29, 0.717) is 0 Å². The van der Waals surface area contributed by atoms with Gasteiger partial charge in [0.2, 0.25) is 0 Å². The van der Waals surface area contributed by atoms with E-state index in [1.165, 1.54) is 32.1 Å². The van der Waals surface area contributed by atoms with Gasteiger partial charge in [-0.3, -0.25) is 5.73 Å². The van der Waals surface area contributed by atoms with E-state index in [1.54, 1.807) is 0 Å². The molecular weight excluding hydrogens is 110 g/mol. The minimum atomic E-state index is 0.185. The SMILES string of the molecule is C[C@@H]([NH])C1CCCCC1. The van der Waals surface area contributed by atoms with Crippen LogP contribution in [0.2, 0.25) is 0 Å². The van der Waals surface area contributed by atoms with Crippen LogP contribution in [0.3, 0.4) is 0 Å². The van der Waals surface area contributed by atoms with E-state index in [-0.39, 0.29) is 6.04 Å². The minimum absolute atomic E-state index is 0.185. The van der Waals surface area contributed by atoms with E-state index in [0.717, 1.165) is 5.92 Å². The van der Waals surface area contributed by atoms with Gasteiger partial charge in [0.15, 0.2) is 0 Å². The van der Waals surface area contributed by atoms with Crippen molar-refractivity contribution in [3.05, 3.63) is 0 Å². The van der Waals surface area contributed by atoms with E-state index in [4.69, 9.17) is 5.73 Å². The summed E-state index contributed by atoms with van der Waals surface area (Å²) in [5.41, 5.74) is 7.47. The van der Waals surface area contributed by atoms with Gasteiger partial charge in [0, 0.05) is 6.04 Å². The van der Waals surface area contributed by atoms with Crippen molar-refractivity contribution in [3.63, 3.8) is 0 Å². The molecule has 0 aromatic rings. The maximum atomic E-state index is 7.47. The normalized spacial score (nSPS) is 26.0. The third kappa shape index (κ3) is 1.98. The van der Waals surface area contributed by atoms with Gasteiger partial charge in [-0.1, -0.05) is 19.3 Å². The fourth-order valence-corrected chi connectivity index (χ4v) is 1.63. The van der Waals surface area contributed by atoms with Crippen LogP contribution in [0.1, 0.15) is 39.0 Å². The summed E-state index contributed by atoms with van der Waals surface area (Å²) in [6.45, 7) is 2.02. The topological polar surface area (TPSA) is 23.8 Å². The highest BCUT2D eigenvalue weighted by Gasteiger charge is 2.16. The van der Waals surface area contributed by atoms with Gasteiger partial charge < -0.3 is 0 Å². The Morgan fingerprint density at radius 1 is 1.22 bits per heavy atom. The molecule has 0 unspecified atom stereocenters. The maximum absolute atomic E-state index is 7.47. The van der Waals surface area contributed by atoms with Crippen LogP contribution in [-0.4, -0.2) is 6.04 Å². The Kier molecular flexibility index (Phi) is 2.52. The Labute approximate surface area is 57.6 Å². The van der Waals surface area contributed by atoms with Crippen LogP contribution < -0.4 is 5.73 Å². The first-order valence-corrected chi connectivity index (χ1v) is 4.02.